The second-order valence-corrected chi connectivity index (χ2v) is 7.97. The van der Waals surface area contributed by atoms with Crippen LogP contribution in [0, 0.1) is 5.41 Å². The fourth-order valence-electron chi connectivity index (χ4n) is 3.91. The molecular formula is C22H39IN4O. The van der Waals surface area contributed by atoms with Crippen LogP contribution in [0.3, 0.4) is 0 Å². The van der Waals surface area contributed by atoms with Crippen LogP contribution in [0.2, 0.25) is 0 Å². The van der Waals surface area contributed by atoms with E-state index in [9.17, 15) is 0 Å². The monoisotopic (exact) mass is 502 g/mol. The summed E-state index contributed by atoms with van der Waals surface area (Å²) in [5, 5.41) is 7.02. The van der Waals surface area contributed by atoms with Gasteiger partial charge in [0.25, 0.3) is 0 Å². The van der Waals surface area contributed by atoms with Crippen molar-refractivity contribution in [1.29, 1.82) is 0 Å². The number of anilines is 1. The Kier molecular flexibility index (Phi) is 11.8. The number of aryl methyl sites for hydroxylation is 1. The van der Waals surface area contributed by atoms with E-state index in [1.54, 1.807) is 7.11 Å². The summed E-state index contributed by atoms with van der Waals surface area (Å²) in [6.07, 6.45) is 8.57. The highest BCUT2D eigenvalue weighted by Crippen LogP contribution is 2.40. The number of benzene rings is 1. The standard InChI is InChI=1S/C22H38N4O.HI/c1-23-21(25-18-22(15-17-27-4)13-5-6-14-22)24-16-7-8-19-9-11-20(12-10-19)26(2)3;/h9-12H,5-8,13-18H2,1-4H3,(H2,23,24,25);1H. The molecular weight excluding hydrogens is 463 g/mol. The van der Waals surface area contributed by atoms with Crippen LogP contribution in [0.1, 0.15) is 44.1 Å². The highest BCUT2D eigenvalue weighted by atomic mass is 127. The number of ether oxygens (including phenoxy) is 1. The van der Waals surface area contributed by atoms with Gasteiger partial charge in [-0.05, 0) is 55.2 Å². The summed E-state index contributed by atoms with van der Waals surface area (Å²) in [4.78, 5) is 6.52. The van der Waals surface area contributed by atoms with Gasteiger partial charge in [0, 0.05) is 53.6 Å². The normalized spacial score (nSPS) is 15.8. The quantitative estimate of drug-likeness (QED) is 0.219. The molecule has 0 unspecified atom stereocenters. The second kappa shape index (κ2) is 13.2. The van der Waals surface area contributed by atoms with Crippen molar-refractivity contribution >= 4 is 35.6 Å². The van der Waals surface area contributed by atoms with Gasteiger partial charge in [0.05, 0.1) is 0 Å². The summed E-state index contributed by atoms with van der Waals surface area (Å²) in [6.45, 7) is 2.77. The molecule has 1 aromatic carbocycles. The summed E-state index contributed by atoms with van der Waals surface area (Å²) >= 11 is 0. The number of guanidine groups is 1. The van der Waals surface area contributed by atoms with Crippen molar-refractivity contribution in [2.75, 3.05) is 52.8 Å². The zero-order valence-electron chi connectivity index (χ0n) is 18.1. The van der Waals surface area contributed by atoms with Crippen LogP contribution in [0.15, 0.2) is 29.3 Å². The van der Waals surface area contributed by atoms with Crippen molar-refractivity contribution in [2.24, 2.45) is 10.4 Å². The third-order valence-corrected chi connectivity index (χ3v) is 5.74. The molecule has 0 amide bonds. The van der Waals surface area contributed by atoms with Gasteiger partial charge in [-0.3, -0.25) is 4.99 Å². The molecule has 2 rings (SSSR count). The van der Waals surface area contributed by atoms with Crippen molar-refractivity contribution in [3.63, 3.8) is 0 Å². The molecule has 5 nitrogen and oxygen atoms in total. The van der Waals surface area contributed by atoms with Gasteiger partial charge in [0.15, 0.2) is 5.96 Å². The number of aliphatic imine (C=N–C) groups is 1. The first-order valence-corrected chi connectivity index (χ1v) is 10.3. The first kappa shape index (κ1) is 25.0. The lowest BCUT2D eigenvalue weighted by atomic mass is 9.83. The first-order valence-electron chi connectivity index (χ1n) is 10.3. The van der Waals surface area contributed by atoms with E-state index in [0.29, 0.717) is 5.41 Å². The molecule has 1 fully saturated rings. The van der Waals surface area contributed by atoms with Crippen LogP contribution in [0.25, 0.3) is 0 Å². The Morgan fingerprint density at radius 3 is 2.39 bits per heavy atom. The molecule has 28 heavy (non-hydrogen) atoms. The SMILES string of the molecule is CN=C(NCCCc1ccc(N(C)C)cc1)NCC1(CCOC)CCCC1.I. The van der Waals surface area contributed by atoms with Crippen LogP contribution in [0.5, 0.6) is 0 Å². The van der Waals surface area contributed by atoms with Gasteiger partial charge in [-0.1, -0.05) is 25.0 Å². The molecule has 1 saturated carbocycles. The molecule has 0 heterocycles. The van der Waals surface area contributed by atoms with Gasteiger partial charge in [0.1, 0.15) is 0 Å². The molecule has 6 heteroatoms. The number of nitrogens with one attached hydrogen (secondary N) is 2. The molecule has 0 saturated heterocycles. The molecule has 1 aliphatic carbocycles. The Hall–Kier alpha value is -1.02. The fraction of sp³-hybridized carbons (Fsp3) is 0.682. The molecule has 2 N–H and O–H groups in total. The first-order chi connectivity index (χ1) is 13.1. The summed E-state index contributed by atoms with van der Waals surface area (Å²) in [5.41, 5.74) is 3.01. The van der Waals surface area contributed by atoms with Gasteiger partial charge in [-0.25, -0.2) is 0 Å². The lowest BCUT2D eigenvalue weighted by Crippen LogP contribution is -2.43. The van der Waals surface area contributed by atoms with Gasteiger partial charge in [0.2, 0.25) is 0 Å². The van der Waals surface area contributed by atoms with Gasteiger partial charge >= 0.3 is 0 Å². The predicted molar refractivity (Wildman–Crippen MR) is 131 cm³/mol. The highest BCUT2D eigenvalue weighted by molar-refractivity contribution is 14.0. The van der Waals surface area contributed by atoms with Crippen LogP contribution in [-0.2, 0) is 11.2 Å². The third-order valence-electron chi connectivity index (χ3n) is 5.74. The van der Waals surface area contributed by atoms with E-state index in [2.05, 4.69) is 58.9 Å². The maximum Gasteiger partial charge on any atom is 0.190 e. The molecule has 0 atom stereocenters. The number of rotatable bonds is 10. The second-order valence-electron chi connectivity index (χ2n) is 7.97. The number of hydrogen-bond acceptors (Lipinski definition) is 3. The zero-order chi connectivity index (χ0) is 19.5. The smallest absolute Gasteiger partial charge is 0.190 e. The lowest BCUT2D eigenvalue weighted by molar-refractivity contribution is 0.138. The number of methoxy groups -OCH3 is 1. The maximum atomic E-state index is 5.33. The Labute approximate surface area is 188 Å². The molecule has 1 aromatic rings. The van der Waals surface area contributed by atoms with E-state index < -0.39 is 0 Å². The van der Waals surface area contributed by atoms with E-state index in [-0.39, 0.29) is 24.0 Å². The molecule has 160 valence electrons. The van der Waals surface area contributed by atoms with E-state index in [1.165, 1.54) is 36.9 Å². The average Bonchev–Trinajstić information content (AvgIpc) is 3.15. The predicted octanol–water partition coefficient (Wildman–Crippen LogP) is 4.07. The molecule has 0 radical (unpaired) electrons. The molecule has 1 aliphatic rings. The van der Waals surface area contributed by atoms with Crippen LogP contribution in [0.4, 0.5) is 5.69 Å². The van der Waals surface area contributed by atoms with E-state index in [4.69, 9.17) is 4.74 Å². The highest BCUT2D eigenvalue weighted by Gasteiger charge is 2.33. The summed E-state index contributed by atoms with van der Waals surface area (Å²) in [5.74, 6) is 0.918. The topological polar surface area (TPSA) is 48.9 Å². The Balaban J connectivity index is 0.00000392. The molecule has 0 bridgehead atoms. The van der Waals surface area contributed by atoms with Crippen molar-refractivity contribution in [2.45, 2.75) is 44.9 Å². The van der Waals surface area contributed by atoms with E-state index in [1.807, 2.05) is 7.05 Å². The molecule has 0 aromatic heterocycles. The number of hydrogen-bond donors (Lipinski definition) is 2. The van der Waals surface area contributed by atoms with Gasteiger partial charge < -0.3 is 20.3 Å². The lowest BCUT2D eigenvalue weighted by Gasteiger charge is -2.30. The van der Waals surface area contributed by atoms with Crippen LogP contribution in [-0.4, -0.2) is 53.9 Å². The summed E-state index contributed by atoms with van der Waals surface area (Å²) < 4.78 is 5.33. The number of nitrogens with zero attached hydrogens (tertiary/aromatic N) is 2. The third kappa shape index (κ3) is 8.15. The maximum absolute atomic E-state index is 5.33. The van der Waals surface area contributed by atoms with Crippen molar-refractivity contribution < 1.29 is 4.74 Å². The average molecular weight is 502 g/mol. The Morgan fingerprint density at radius 1 is 1.14 bits per heavy atom. The fourth-order valence-corrected chi connectivity index (χ4v) is 3.91. The molecule has 0 aliphatic heterocycles. The minimum absolute atomic E-state index is 0. The minimum Gasteiger partial charge on any atom is -0.385 e. The van der Waals surface area contributed by atoms with E-state index in [0.717, 1.165) is 44.9 Å². The number of halogens is 1. The van der Waals surface area contributed by atoms with Crippen LogP contribution < -0.4 is 15.5 Å². The van der Waals surface area contributed by atoms with Crippen molar-refractivity contribution in [3.05, 3.63) is 29.8 Å². The summed E-state index contributed by atoms with van der Waals surface area (Å²) in [6, 6.07) is 8.82. The minimum atomic E-state index is 0. The Morgan fingerprint density at radius 2 is 1.82 bits per heavy atom. The van der Waals surface area contributed by atoms with Crippen molar-refractivity contribution in [3.8, 4) is 0 Å². The van der Waals surface area contributed by atoms with Gasteiger partial charge in [-0.15, -0.1) is 24.0 Å². The molecule has 0 spiro atoms. The van der Waals surface area contributed by atoms with Crippen LogP contribution >= 0.6 is 24.0 Å². The zero-order valence-corrected chi connectivity index (χ0v) is 20.4. The van der Waals surface area contributed by atoms with E-state index >= 15 is 0 Å². The largest absolute Gasteiger partial charge is 0.385 e. The van der Waals surface area contributed by atoms with Crippen molar-refractivity contribution in [1.82, 2.24) is 10.6 Å². The Bertz CT molecular complexity index is 568. The summed E-state index contributed by atoms with van der Waals surface area (Å²) in [7, 11) is 7.79. The van der Waals surface area contributed by atoms with Gasteiger partial charge in [-0.2, -0.15) is 0 Å².